The number of anilines is 1. The van der Waals surface area contributed by atoms with Crippen LogP contribution in [0.2, 0.25) is 0 Å². The Hall–Kier alpha value is -1.30. The third-order valence-electron chi connectivity index (χ3n) is 2.31. The molecule has 0 bridgehead atoms. The number of pyridine rings is 1. The summed E-state index contributed by atoms with van der Waals surface area (Å²) >= 11 is 0. The van der Waals surface area contributed by atoms with E-state index in [-0.39, 0.29) is 12.4 Å². The van der Waals surface area contributed by atoms with Crippen LogP contribution in [0.5, 0.6) is 0 Å². The molecular formula is C12H17F3N2O. The average molecular weight is 262 g/mol. The second kappa shape index (κ2) is 5.14. The first-order valence-corrected chi connectivity index (χ1v) is 5.65. The molecular weight excluding hydrogens is 245 g/mol. The van der Waals surface area contributed by atoms with E-state index in [4.69, 9.17) is 0 Å². The summed E-state index contributed by atoms with van der Waals surface area (Å²) in [4.78, 5) is 5.20. The first-order chi connectivity index (χ1) is 8.13. The lowest BCUT2D eigenvalue weighted by Crippen LogP contribution is -2.39. The number of aliphatic hydroxyl groups is 1. The summed E-state index contributed by atoms with van der Waals surface area (Å²) in [6, 6.07) is 3.75. The summed E-state index contributed by atoms with van der Waals surface area (Å²) in [5.74, 6) is 0.217. The van der Waals surface area contributed by atoms with Gasteiger partial charge in [0.25, 0.3) is 0 Å². The number of halogens is 3. The van der Waals surface area contributed by atoms with Gasteiger partial charge in [0.05, 0.1) is 5.60 Å². The number of likely N-dealkylation sites (N-methyl/N-ethyl adjacent to an activating group) is 1. The van der Waals surface area contributed by atoms with Crippen molar-refractivity contribution in [3.05, 3.63) is 23.9 Å². The molecule has 3 nitrogen and oxygen atoms in total. The number of rotatable bonds is 4. The number of hydrogen-bond acceptors (Lipinski definition) is 3. The molecule has 0 spiro atoms. The molecule has 0 fully saturated rings. The van der Waals surface area contributed by atoms with Crippen LogP contribution in [0.25, 0.3) is 0 Å². The lowest BCUT2D eigenvalue weighted by atomic mass is 10.1. The molecule has 1 rings (SSSR count). The van der Waals surface area contributed by atoms with Crippen molar-refractivity contribution >= 4 is 5.82 Å². The summed E-state index contributed by atoms with van der Waals surface area (Å²) in [7, 11) is 0. The largest absolute Gasteiger partial charge is 0.433 e. The summed E-state index contributed by atoms with van der Waals surface area (Å²) in [5, 5.41) is 9.72. The van der Waals surface area contributed by atoms with Crippen molar-refractivity contribution in [1.29, 1.82) is 0 Å². The van der Waals surface area contributed by atoms with Crippen molar-refractivity contribution in [2.45, 2.75) is 32.5 Å². The zero-order valence-electron chi connectivity index (χ0n) is 10.6. The normalized spacial score (nSPS) is 12.6. The van der Waals surface area contributed by atoms with Crippen LogP contribution < -0.4 is 4.90 Å². The molecule has 1 N–H and O–H groups in total. The van der Waals surface area contributed by atoms with Crippen LogP contribution in [-0.4, -0.2) is 28.8 Å². The van der Waals surface area contributed by atoms with E-state index >= 15 is 0 Å². The number of alkyl halides is 3. The van der Waals surface area contributed by atoms with Crippen molar-refractivity contribution in [3.63, 3.8) is 0 Å². The van der Waals surface area contributed by atoms with Crippen molar-refractivity contribution in [2.75, 3.05) is 18.0 Å². The Kier molecular flexibility index (Phi) is 4.21. The van der Waals surface area contributed by atoms with Gasteiger partial charge in [0.1, 0.15) is 11.5 Å². The first-order valence-electron chi connectivity index (χ1n) is 5.65. The fourth-order valence-corrected chi connectivity index (χ4v) is 1.58. The van der Waals surface area contributed by atoms with Gasteiger partial charge in [0.15, 0.2) is 0 Å². The lowest BCUT2D eigenvalue weighted by molar-refractivity contribution is -0.141. The SMILES string of the molecule is CCN(CC(C)(C)O)c1cccc(C(F)(F)F)n1. The van der Waals surface area contributed by atoms with Gasteiger partial charge in [0.2, 0.25) is 0 Å². The van der Waals surface area contributed by atoms with Gasteiger partial charge in [-0.3, -0.25) is 0 Å². The molecule has 0 aromatic carbocycles. The predicted molar refractivity (Wildman–Crippen MR) is 63.4 cm³/mol. The molecule has 0 amide bonds. The van der Waals surface area contributed by atoms with E-state index in [1.165, 1.54) is 12.1 Å². The van der Waals surface area contributed by atoms with Crippen molar-refractivity contribution in [3.8, 4) is 0 Å². The first kappa shape index (κ1) is 14.8. The maximum Gasteiger partial charge on any atom is 0.433 e. The van der Waals surface area contributed by atoms with Crippen LogP contribution >= 0.6 is 0 Å². The smallest absolute Gasteiger partial charge is 0.389 e. The van der Waals surface area contributed by atoms with Crippen molar-refractivity contribution in [2.24, 2.45) is 0 Å². The molecule has 6 heteroatoms. The van der Waals surface area contributed by atoms with Gasteiger partial charge in [-0.15, -0.1) is 0 Å². The molecule has 0 saturated heterocycles. The van der Waals surface area contributed by atoms with Gasteiger partial charge in [-0.2, -0.15) is 13.2 Å². The second-order valence-electron chi connectivity index (χ2n) is 4.71. The summed E-state index contributed by atoms with van der Waals surface area (Å²) < 4.78 is 37.6. The predicted octanol–water partition coefficient (Wildman–Crippen LogP) is 2.70. The van der Waals surface area contributed by atoms with E-state index in [2.05, 4.69) is 4.98 Å². The molecule has 0 saturated carbocycles. The lowest BCUT2D eigenvalue weighted by Gasteiger charge is -2.29. The second-order valence-corrected chi connectivity index (χ2v) is 4.71. The molecule has 1 aromatic rings. The summed E-state index contributed by atoms with van der Waals surface area (Å²) in [6.07, 6.45) is -4.45. The molecule has 0 aliphatic rings. The van der Waals surface area contributed by atoms with Crippen LogP contribution in [-0.2, 0) is 6.18 Å². The highest BCUT2D eigenvalue weighted by Gasteiger charge is 2.33. The van der Waals surface area contributed by atoms with Gasteiger partial charge in [0, 0.05) is 13.1 Å². The quantitative estimate of drug-likeness (QED) is 0.906. The third kappa shape index (κ3) is 4.18. The minimum Gasteiger partial charge on any atom is -0.389 e. The minimum absolute atomic E-state index is 0.217. The van der Waals surface area contributed by atoms with Crippen LogP contribution in [0.3, 0.4) is 0 Å². The van der Waals surface area contributed by atoms with Gasteiger partial charge < -0.3 is 10.0 Å². The van der Waals surface area contributed by atoms with E-state index in [0.717, 1.165) is 6.07 Å². The van der Waals surface area contributed by atoms with Crippen LogP contribution in [0, 0.1) is 0 Å². The van der Waals surface area contributed by atoms with E-state index in [0.29, 0.717) is 6.54 Å². The molecule has 0 unspecified atom stereocenters. The zero-order valence-corrected chi connectivity index (χ0v) is 10.6. The van der Waals surface area contributed by atoms with Gasteiger partial charge in [-0.1, -0.05) is 6.07 Å². The standard InChI is InChI=1S/C12H17F3N2O/c1-4-17(8-11(2,3)18)10-7-5-6-9(16-10)12(13,14)15/h5-7,18H,4,8H2,1-3H3. The highest BCUT2D eigenvalue weighted by Crippen LogP contribution is 2.29. The van der Waals surface area contributed by atoms with Gasteiger partial charge in [-0.25, -0.2) is 4.98 Å². The fraction of sp³-hybridized carbons (Fsp3) is 0.583. The molecule has 1 heterocycles. The Morgan fingerprint density at radius 3 is 2.33 bits per heavy atom. The van der Waals surface area contributed by atoms with Gasteiger partial charge >= 0.3 is 6.18 Å². The molecule has 0 radical (unpaired) electrons. The molecule has 18 heavy (non-hydrogen) atoms. The van der Waals surface area contributed by atoms with E-state index in [9.17, 15) is 18.3 Å². The summed E-state index contributed by atoms with van der Waals surface area (Å²) in [6.45, 7) is 5.69. The molecule has 0 atom stereocenters. The van der Waals surface area contributed by atoms with Crippen LogP contribution in [0.1, 0.15) is 26.5 Å². The Morgan fingerprint density at radius 1 is 1.28 bits per heavy atom. The van der Waals surface area contributed by atoms with E-state index in [1.807, 2.05) is 0 Å². The van der Waals surface area contributed by atoms with E-state index < -0.39 is 17.5 Å². The topological polar surface area (TPSA) is 36.4 Å². The third-order valence-corrected chi connectivity index (χ3v) is 2.31. The monoisotopic (exact) mass is 262 g/mol. The van der Waals surface area contributed by atoms with Crippen LogP contribution in [0.15, 0.2) is 18.2 Å². The maximum atomic E-state index is 12.5. The van der Waals surface area contributed by atoms with E-state index in [1.54, 1.807) is 25.7 Å². The number of aromatic nitrogens is 1. The highest BCUT2D eigenvalue weighted by molar-refractivity contribution is 5.40. The molecule has 0 aliphatic carbocycles. The Morgan fingerprint density at radius 2 is 1.89 bits per heavy atom. The number of hydrogen-bond donors (Lipinski definition) is 1. The van der Waals surface area contributed by atoms with Crippen LogP contribution in [0.4, 0.5) is 19.0 Å². The number of nitrogens with zero attached hydrogens (tertiary/aromatic N) is 2. The maximum absolute atomic E-state index is 12.5. The molecule has 0 aliphatic heterocycles. The Labute approximate surface area is 104 Å². The molecule has 102 valence electrons. The summed E-state index contributed by atoms with van der Waals surface area (Å²) in [5.41, 5.74) is -1.92. The zero-order chi connectivity index (χ0) is 14.0. The Bertz CT molecular complexity index is 399. The highest BCUT2D eigenvalue weighted by atomic mass is 19.4. The van der Waals surface area contributed by atoms with Crippen molar-refractivity contribution < 1.29 is 18.3 Å². The fourth-order valence-electron chi connectivity index (χ4n) is 1.58. The van der Waals surface area contributed by atoms with Crippen molar-refractivity contribution in [1.82, 2.24) is 4.98 Å². The Balaban J connectivity index is 3.00. The van der Waals surface area contributed by atoms with Gasteiger partial charge in [-0.05, 0) is 32.9 Å². The molecule has 1 aromatic heterocycles. The average Bonchev–Trinajstić information content (AvgIpc) is 2.23. The minimum atomic E-state index is -4.45.